The van der Waals surface area contributed by atoms with Gasteiger partial charge in [0.15, 0.2) is 0 Å². The fraction of sp³-hybridized carbons (Fsp3) is 0.480. The number of halogens is 1. The first-order valence-electron chi connectivity index (χ1n) is 11.4. The smallest absolute Gasteiger partial charge is 0.253 e. The van der Waals surface area contributed by atoms with Gasteiger partial charge < -0.3 is 5.32 Å². The van der Waals surface area contributed by atoms with E-state index in [2.05, 4.69) is 29.3 Å². The average Bonchev–Trinajstić information content (AvgIpc) is 2.79. The molecule has 2 aromatic rings. The minimum Gasteiger partial charge on any atom is -0.348 e. The molecule has 1 aliphatic heterocycles. The van der Waals surface area contributed by atoms with Gasteiger partial charge in [0.25, 0.3) is 5.91 Å². The highest BCUT2D eigenvalue weighted by Gasteiger charge is 2.25. The van der Waals surface area contributed by atoms with Crippen molar-refractivity contribution in [2.45, 2.75) is 57.6 Å². The predicted molar refractivity (Wildman–Crippen MR) is 133 cm³/mol. The number of nitrogens with zero attached hydrogens (tertiary/aromatic N) is 2. The Labute approximate surface area is 203 Å². The van der Waals surface area contributed by atoms with Gasteiger partial charge in [-0.15, -0.1) is 0 Å². The first-order valence-corrected chi connectivity index (χ1v) is 13.3. The second-order valence-electron chi connectivity index (χ2n) is 9.21. The normalized spacial score (nSPS) is 15.8. The van der Waals surface area contributed by atoms with Gasteiger partial charge >= 0.3 is 0 Å². The number of sulfonamides is 1. The number of carbonyl (C=O) groups excluding carboxylic acids is 1. The number of rotatable bonds is 8. The van der Waals surface area contributed by atoms with E-state index >= 15 is 0 Å². The van der Waals surface area contributed by atoms with Gasteiger partial charge in [-0.1, -0.05) is 42.8 Å². The van der Waals surface area contributed by atoms with E-state index in [4.69, 9.17) is 11.6 Å². The number of amides is 1. The first kappa shape index (κ1) is 25.7. The van der Waals surface area contributed by atoms with Gasteiger partial charge in [0.1, 0.15) is 0 Å². The molecule has 3 rings (SSSR count). The van der Waals surface area contributed by atoms with E-state index in [-0.39, 0.29) is 21.5 Å². The Morgan fingerprint density at radius 2 is 1.73 bits per heavy atom. The summed E-state index contributed by atoms with van der Waals surface area (Å²) in [5, 5.41) is 3.06. The van der Waals surface area contributed by atoms with Crippen LogP contribution >= 0.6 is 11.6 Å². The van der Waals surface area contributed by atoms with Crippen LogP contribution < -0.4 is 5.32 Å². The highest BCUT2D eigenvalue weighted by atomic mass is 35.5. The number of hydrogen-bond acceptors (Lipinski definition) is 4. The number of carbonyl (C=O) groups is 1. The molecule has 180 valence electrons. The molecule has 8 heteroatoms. The second kappa shape index (κ2) is 11.0. The topological polar surface area (TPSA) is 69.7 Å². The molecule has 0 aromatic heterocycles. The largest absolute Gasteiger partial charge is 0.348 e. The molecule has 0 atom stereocenters. The summed E-state index contributed by atoms with van der Waals surface area (Å²) in [6, 6.07) is 12.2. The maximum Gasteiger partial charge on any atom is 0.253 e. The van der Waals surface area contributed by atoms with E-state index in [1.54, 1.807) is 13.8 Å². The van der Waals surface area contributed by atoms with E-state index in [1.807, 2.05) is 12.1 Å². The van der Waals surface area contributed by atoms with Crippen LogP contribution in [0.4, 0.5) is 0 Å². The number of hydrogen-bond donors (Lipinski definition) is 1. The van der Waals surface area contributed by atoms with Crippen molar-refractivity contribution in [2.75, 3.05) is 20.1 Å². The molecule has 0 saturated carbocycles. The van der Waals surface area contributed by atoms with Crippen LogP contribution in [0, 0.1) is 5.92 Å². The molecule has 0 unspecified atom stereocenters. The molecule has 1 fully saturated rings. The molecule has 1 heterocycles. The van der Waals surface area contributed by atoms with Crippen LogP contribution in [0.25, 0.3) is 0 Å². The van der Waals surface area contributed by atoms with Crippen LogP contribution in [-0.2, 0) is 23.1 Å². The lowest BCUT2D eigenvalue weighted by Crippen LogP contribution is -2.33. The lowest BCUT2D eigenvalue weighted by molar-refractivity contribution is 0.0951. The van der Waals surface area contributed by atoms with Crippen molar-refractivity contribution < 1.29 is 13.2 Å². The Morgan fingerprint density at radius 1 is 1.12 bits per heavy atom. The van der Waals surface area contributed by atoms with Crippen molar-refractivity contribution in [3.05, 3.63) is 64.2 Å². The predicted octanol–water partition coefficient (Wildman–Crippen LogP) is 4.53. The van der Waals surface area contributed by atoms with Crippen LogP contribution in [0.2, 0.25) is 5.02 Å². The summed E-state index contributed by atoms with van der Waals surface area (Å²) in [6.45, 7) is 9.45. The Kier molecular flexibility index (Phi) is 8.56. The van der Waals surface area contributed by atoms with Crippen molar-refractivity contribution in [3.8, 4) is 0 Å². The van der Waals surface area contributed by atoms with E-state index in [9.17, 15) is 13.2 Å². The molecule has 1 saturated heterocycles. The van der Waals surface area contributed by atoms with Crippen LogP contribution in [-0.4, -0.2) is 49.7 Å². The summed E-state index contributed by atoms with van der Waals surface area (Å²) in [5.41, 5.74) is 2.37. The maximum absolute atomic E-state index is 12.8. The standard InChI is InChI=1S/C25H34ClN3O3S/c1-18(2)28(4)33(31,32)22-9-10-24(26)23(15-22)25(30)27-16-20-5-7-21(8-6-20)17-29-13-11-19(3)12-14-29/h5-10,15,18-19H,11-14,16-17H2,1-4H3,(H,27,30). The number of nitrogens with one attached hydrogen (secondary N) is 1. The summed E-state index contributed by atoms with van der Waals surface area (Å²) < 4.78 is 26.8. The van der Waals surface area contributed by atoms with Gasteiger partial charge in [0, 0.05) is 26.2 Å². The zero-order valence-electron chi connectivity index (χ0n) is 19.8. The molecular weight excluding hydrogens is 458 g/mol. The second-order valence-corrected chi connectivity index (χ2v) is 11.6. The average molecular weight is 492 g/mol. The third kappa shape index (κ3) is 6.57. The van der Waals surface area contributed by atoms with Gasteiger partial charge in [-0.2, -0.15) is 4.31 Å². The van der Waals surface area contributed by atoms with Crippen molar-refractivity contribution in [3.63, 3.8) is 0 Å². The van der Waals surface area contributed by atoms with Crippen LogP contribution in [0.5, 0.6) is 0 Å². The van der Waals surface area contributed by atoms with Gasteiger partial charge in [-0.05, 0) is 75.0 Å². The van der Waals surface area contributed by atoms with Gasteiger partial charge in [0.05, 0.1) is 15.5 Å². The Hall–Kier alpha value is -1.93. The lowest BCUT2D eigenvalue weighted by atomic mass is 9.99. The molecule has 6 nitrogen and oxygen atoms in total. The highest BCUT2D eigenvalue weighted by Crippen LogP contribution is 2.24. The molecular formula is C25H34ClN3O3S. The number of likely N-dealkylation sites (tertiary alicyclic amines) is 1. The van der Waals surface area contributed by atoms with E-state index in [1.165, 1.54) is 48.0 Å². The minimum absolute atomic E-state index is 0.0460. The summed E-state index contributed by atoms with van der Waals surface area (Å²) >= 11 is 6.21. The first-order chi connectivity index (χ1) is 15.6. The molecule has 1 aliphatic rings. The van der Waals surface area contributed by atoms with Crippen molar-refractivity contribution >= 4 is 27.5 Å². The maximum atomic E-state index is 12.8. The molecule has 2 aromatic carbocycles. The van der Waals surface area contributed by atoms with Gasteiger partial charge in [0.2, 0.25) is 10.0 Å². The molecule has 0 aliphatic carbocycles. The van der Waals surface area contributed by atoms with Crippen LogP contribution in [0.3, 0.4) is 0 Å². The Morgan fingerprint density at radius 3 is 2.33 bits per heavy atom. The quantitative estimate of drug-likeness (QED) is 0.589. The number of benzene rings is 2. The Balaban J connectivity index is 1.62. The molecule has 0 radical (unpaired) electrons. The summed E-state index contributed by atoms with van der Waals surface area (Å²) in [7, 11) is -2.19. The molecule has 1 N–H and O–H groups in total. The van der Waals surface area contributed by atoms with Crippen molar-refractivity contribution in [1.82, 2.24) is 14.5 Å². The third-order valence-electron chi connectivity index (χ3n) is 6.35. The van der Waals surface area contributed by atoms with E-state index in [0.717, 1.165) is 31.1 Å². The zero-order chi connectivity index (χ0) is 24.2. The third-order valence-corrected chi connectivity index (χ3v) is 8.70. The fourth-order valence-corrected chi connectivity index (χ4v) is 5.40. The molecule has 0 spiro atoms. The van der Waals surface area contributed by atoms with Crippen molar-refractivity contribution in [1.29, 1.82) is 0 Å². The summed E-state index contributed by atoms with van der Waals surface area (Å²) in [6.07, 6.45) is 2.51. The molecule has 0 bridgehead atoms. The van der Waals surface area contributed by atoms with Crippen LogP contribution in [0.15, 0.2) is 47.4 Å². The monoisotopic (exact) mass is 491 g/mol. The number of piperidine rings is 1. The summed E-state index contributed by atoms with van der Waals surface area (Å²) in [5.74, 6) is 0.411. The van der Waals surface area contributed by atoms with E-state index in [0.29, 0.717) is 6.54 Å². The summed E-state index contributed by atoms with van der Waals surface area (Å²) in [4.78, 5) is 15.3. The minimum atomic E-state index is -3.71. The fourth-order valence-electron chi connectivity index (χ4n) is 3.80. The van der Waals surface area contributed by atoms with E-state index < -0.39 is 15.9 Å². The lowest BCUT2D eigenvalue weighted by Gasteiger charge is -2.30. The Bertz CT molecular complexity index is 1060. The molecule has 33 heavy (non-hydrogen) atoms. The SMILES string of the molecule is CC1CCN(Cc2ccc(CNC(=O)c3cc(S(=O)(=O)N(C)C(C)C)ccc3Cl)cc2)CC1. The van der Waals surface area contributed by atoms with Crippen LogP contribution in [0.1, 0.15) is 55.1 Å². The molecule has 1 amide bonds. The van der Waals surface area contributed by atoms with Gasteiger partial charge in [-0.25, -0.2) is 8.42 Å². The van der Waals surface area contributed by atoms with Crippen molar-refractivity contribution in [2.24, 2.45) is 5.92 Å². The highest BCUT2D eigenvalue weighted by molar-refractivity contribution is 7.89. The zero-order valence-corrected chi connectivity index (χ0v) is 21.4. The van der Waals surface area contributed by atoms with Gasteiger partial charge in [-0.3, -0.25) is 9.69 Å².